The summed E-state index contributed by atoms with van der Waals surface area (Å²) in [5.74, 6) is -0.431. The Kier molecular flexibility index (Phi) is 6.28. The average Bonchev–Trinajstić information content (AvgIpc) is 2.66. The van der Waals surface area contributed by atoms with Gasteiger partial charge >= 0.3 is 11.9 Å². The number of hydrogen-bond donors (Lipinski definition) is 1. The van der Waals surface area contributed by atoms with Gasteiger partial charge < -0.3 is 14.6 Å². The van der Waals surface area contributed by atoms with Gasteiger partial charge in [-0.1, -0.05) is 44.9 Å². The molecule has 0 amide bonds. The molecule has 0 radical (unpaired) electrons. The summed E-state index contributed by atoms with van der Waals surface area (Å²) in [5.41, 5.74) is 1.96. The molecule has 2 saturated carbocycles. The Morgan fingerprint density at radius 1 is 1.24 bits per heavy atom. The zero-order valence-electron chi connectivity index (χ0n) is 18.2. The van der Waals surface area contributed by atoms with E-state index in [1.165, 1.54) is 19.3 Å². The van der Waals surface area contributed by atoms with Gasteiger partial charge in [-0.15, -0.1) is 6.58 Å². The monoisotopic (exact) mass is 404 g/mol. The van der Waals surface area contributed by atoms with Gasteiger partial charge in [0.2, 0.25) is 0 Å². The zero-order chi connectivity index (χ0) is 21.3. The zero-order valence-corrected chi connectivity index (χ0v) is 18.2. The molecule has 2 fully saturated rings. The van der Waals surface area contributed by atoms with Gasteiger partial charge in [-0.2, -0.15) is 0 Å². The SMILES string of the molecule is C=C[C@]1(C)CC=C2C(CCC3[C@@](C)(COC(=O)COCC(=O)O)CCC[C@]23C)C1. The highest BCUT2D eigenvalue weighted by Crippen LogP contribution is 2.63. The Balaban J connectivity index is 1.69. The van der Waals surface area contributed by atoms with Crippen molar-refractivity contribution in [3.8, 4) is 0 Å². The van der Waals surface area contributed by atoms with E-state index < -0.39 is 18.5 Å². The van der Waals surface area contributed by atoms with Crippen molar-refractivity contribution in [2.75, 3.05) is 19.8 Å². The fraction of sp³-hybridized carbons (Fsp3) is 0.750. The fourth-order valence-corrected chi connectivity index (χ4v) is 6.43. The van der Waals surface area contributed by atoms with Crippen LogP contribution in [0.5, 0.6) is 0 Å². The number of aliphatic carboxylic acids is 1. The van der Waals surface area contributed by atoms with Crippen molar-refractivity contribution in [3.05, 3.63) is 24.3 Å². The van der Waals surface area contributed by atoms with Crippen LogP contribution in [0.25, 0.3) is 0 Å². The molecule has 5 heteroatoms. The van der Waals surface area contributed by atoms with Crippen molar-refractivity contribution in [3.63, 3.8) is 0 Å². The summed E-state index contributed by atoms with van der Waals surface area (Å²) in [7, 11) is 0. The maximum absolute atomic E-state index is 12.0. The van der Waals surface area contributed by atoms with Gasteiger partial charge in [0.05, 0.1) is 6.61 Å². The molecule has 29 heavy (non-hydrogen) atoms. The van der Waals surface area contributed by atoms with E-state index >= 15 is 0 Å². The lowest BCUT2D eigenvalue weighted by atomic mass is 9.46. The number of ether oxygens (including phenoxy) is 2. The van der Waals surface area contributed by atoms with E-state index in [1.54, 1.807) is 5.57 Å². The van der Waals surface area contributed by atoms with Gasteiger partial charge in [0.15, 0.2) is 0 Å². The molecule has 3 rings (SSSR count). The Morgan fingerprint density at radius 3 is 2.69 bits per heavy atom. The number of fused-ring (bicyclic) bond motifs is 3. The van der Waals surface area contributed by atoms with Gasteiger partial charge in [-0.05, 0) is 61.2 Å². The highest BCUT2D eigenvalue weighted by atomic mass is 16.6. The van der Waals surface area contributed by atoms with Crippen LogP contribution in [0.2, 0.25) is 0 Å². The third kappa shape index (κ3) is 4.45. The van der Waals surface area contributed by atoms with E-state index in [4.69, 9.17) is 14.6 Å². The summed E-state index contributed by atoms with van der Waals surface area (Å²) < 4.78 is 10.4. The molecular weight excluding hydrogens is 368 g/mol. The standard InChI is InChI=1S/C24H36O5/c1-5-22(2)12-9-18-17(13-22)7-8-19-23(3,10-6-11-24(18,19)4)16-29-21(27)15-28-14-20(25)26/h5,9,17,19H,1,6-8,10-16H2,2-4H3,(H,25,26)/t17?,19?,22-,23-,24-/m1/s1. The van der Waals surface area contributed by atoms with Crippen LogP contribution in [-0.2, 0) is 19.1 Å². The van der Waals surface area contributed by atoms with Crippen molar-refractivity contribution >= 4 is 11.9 Å². The van der Waals surface area contributed by atoms with Gasteiger partial charge in [-0.3, -0.25) is 0 Å². The summed E-state index contributed by atoms with van der Waals surface area (Å²) in [6.07, 6.45) is 12.6. The highest BCUT2D eigenvalue weighted by Gasteiger charge is 2.55. The molecule has 0 aliphatic heterocycles. The molecule has 162 valence electrons. The van der Waals surface area contributed by atoms with Crippen molar-refractivity contribution in [1.82, 2.24) is 0 Å². The lowest BCUT2D eigenvalue weighted by Gasteiger charge is -2.59. The van der Waals surface area contributed by atoms with Crippen LogP contribution in [-0.4, -0.2) is 36.9 Å². The molecule has 3 aliphatic rings. The molecule has 5 atom stereocenters. The predicted octanol–water partition coefficient (Wildman–Crippen LogP) is 4.77. The Morgan fingerprint density at radius 2 is 2.00 bits per heavy atom. The maximum Gasteiger partial charge on any atom is 0.332 e. The molecule has 0 bridgehead atoms. The van der Waals surface area contributed by atoms with E-state index in [0.717, 1.165) is 25.7 Å². The molecule has 0 aromatic rings. The number of hydrogen-bond acceptors (Lipinski definition) is 4. The van der Waals surface area contributed by atoms with Crippen LogP contribution < -0.4 is 0 Å². The first kappa shape index (κ1) is 22.1. The minimum atomic E-state index is -1.09. The minimum Gasteiger partial charge on any atom is -0.480 e. The van der Waals surface area contributed by atoms with Crippen LogP contribution in [0.4, 0.5) is 0 Å². The maximum atomic E-state index is 12.0. The van der Waals surface area contributed by atoms with Gasteiger partial charge in [0, 0.05) is 5.41 Å². The Bertz CT molecular complexity index is 697. The van der Waals surface area contributed by atoms with Crippen LogP contribution in [0.1, 0.15) is 65.7 Å². The summed E-state index contributed by atoms with van der Waals surface area (Å²) in [4.78, 5) is 22.5. The van der Waals surface area contributed by atoms with Crippen molar-refractivity contribution in [1.29, 1.82) is 0 Å². The second-order valence-electron chi connectivity index (χ2n) is 10.2. The van der Waals surface area contributed by atoms with Crippen molar-refractivity contribution in [2.45, 2.75) is 65.7 Å². The molecule has 0 heterocycles. The first-order chi connectivity index (χ1) is 13.6. The van der Waals surface area contributed by atoms with Crippen LogP contribution in [0.15, 0.2) is 24.3 Å². The number of carbonyl (C=O) groups is 2. The molecule has 3 aliphatic carbocycles. The number of carboxylic acid groups (broad SMARTS) is 1. The molecule has 2 unspecified atom stereocenters. The highest BCUT2D eigenvalue weighted by molar-refractivity contribution is 5.72. The average molecular weight is 405 g/mol. The predicted molar refractivity (Wildman–Crippen MR) is 111 cm³/mol. The topological polar surface area (TPSA) is 72.8 Å². The Labute approximate surface area is 174 Å². The molecule has 5 nitrogen and oxygen atoms in total. The molecular formula is C24H36O5. The number of carboxylic acids is 1. The summed E-state index contributed by atoms with van der Waals surface area (Å²) >= 11 is 0. The lowest BCUT2D eigenvalue weighted by Crippen LogP contribution is -2.51. The second kappa shape index (κ2) is 8.25. The fourth-order valence-electron chi connectivity index (χ4n) is 6.43. The number of carbonyl (C=O) groups excluding carboxylic acids is 1. The first-order valence-corrected chi connectivity index (χ1v) is 10.9. The first-order valence-electron chi connectivity index (χ1n) is 10.9. The van der Waals surface area contributed by atoms with Gasteiger partial charge in [-0.25, -0.2) is 9.59 Å². The molecule has 1 N–H and O–H groups in total. The largest absolute Gasteiger partial charge is 0.480 e. The van der Waals surface area contributed by atoms with E-state index in [0.29, 0.717) is 18.4 Å². The summed E-state index contributed by atoms with van der Waals surface area (Å²) in [6, 6.07) is 0. The summed E-state index contributed by atoms with van der Waals surface area (Å²) in [6.45, 7) is 10.7. The molecule has 0 aromatic heterocycles. The van der Waals surface area contributed by atoms with E-state index in [1.807, 2.05) is 0 Å². The van der Waals surface area contributed by atoms with E-state index in [2.05, 4.69) is 39.5 Å². The quantitative estimate of drug-likeness (QED) is 0.489. The van der Waals surface area contributed by atoms with Crippen LogP contribution >= 0.6 is 0 Å². The molecule has 0 spiro atoms. The van der Waals surface area contributed by atoms with Gasteiger partial charge in [0.25, 0.3) is 0 Å². The number of esters is 1. The molecule has 0 saturated heterocycles. The third-order valence-corrected chi connectivity index (χ3v) is 7.96. The van der Waals surface area contributed by atoms with Crippen molar-refractivity contribution < 1.29 is 24.2 Å². The van der Waals surface area contributed by atoms with E-state index in [9.17, 15) is 9.59 Å². The second-order valence-corrected chi connectivity index (χ2v) is 10.2. The third-order valence-electron chi connectivity index (χ3n) is 7.96. The van der Waals surface area contributed by atoms with Crippen molar-refractivity contribution in [2.24, 2.45) is 28.1 Å². The lowest BCUT2D eigenvalue weighted by molar-refractivity contribution is -0.159. The van der Waals surface area contributed by atoms with Crippen LogP contribution in [0, 0.1) is 28.1 Å². The molecule has 0 aromatic carbocycles. The number of rotatable bonds is 7. The van der Waals surface area contributed by atoms with E-state index in [-0.39, 0.29) is 22.9 Å². The number of allylic oxidation sites excluding steroid dienone is 3. The van der Waals surface area contributed by atoms with Gasteiger partial charge in [0.1, 0.15) is 13.2 Å². The summed E-state index contributed by atoms with van der Waals surface area (Å²) in [5, 5.41) is 8.61. The Hall–Kier alpha value is -1.62. The minimum absolute atomic E-state index is 0.0551. The smallest absolute Gasteiger partial charge is 0.332 e. The normalized spacial score (nSPS) is 38.9. The van der Waals surface area contributed by atoms with Crippen LogP contribution in [0.3, 0.4) is 0 Å².